The molecule has 216 valence electrons. The van der Waals surface area contributed by atoms with E-state index in [1.165, 1.54) is 17.0 Å². The molecule has 2 N–H and O–H groups in total. The van der Waals surface area contributed by atoms with Crippen LogP contribution in [0.2, 0.25) is 0 Å². The zero-order valence-corrected chi connectivity index (χ0v) is 23.3. The summed E-state index contributed by atoms with van der Waals surface area (Å²) in [6.45, 7) is 1.09. The number of nitrogens with zero attached hydrogens (tertiary/aromatic N) is 3. The molecule has 0 spiro atoms. The van der Waals surface area contributed by atoms with Gasteiger partial charge >= 0.3 is 5.97 Å². The van der Waals surface area contributed by atoms with E-state index in [1.54, 1.807) is 19.3 Å². The van der Waals surface area contributed by atoms with Crippen molar-refractivity contribution in [1.82, 2.24) is 15.3 Å². The Bertz CT molecular complexity index is 1470. The van der Waals surface area contributed by atoms with Gasteiger partial charge in [0.05, 0.1) is 13.0 Å². The fraction of sp³-hybridized carbons (Fsp3) is 0.414. The number of hydrogen-bond donors (Lipinski definition) is 2. The molecule has 0 aliphatic carbocycles. The Morgan fingerprint density at radius 3 is 2.73 bits per heavy atom. The average Bonchev–Trinajstić information content (AvgIpc) is 3.33. The molecule has 1 atom stereocenters. The Hall–Kier alpha value is -3.77. The van der Waals surface area contributed by atoms with Crippen LogP contribution in [0.5, 0.6) is 0 Å². The quantitative estimate of drug-likeness (QED) is 0.378. The lowest BCUT2D eigenvalue weighted by atomic mass is 9.86. The third kappa shape index (κ3) is 6.59. The third-order valence-corrected chi connectivity index (χ3v) is 8.43. The number of aromatic nitrogens is 2. The standard InChI is InChI=1S/C29H30F2N4O5S/c1-35-24(36)5-2-17-11-19(14-32-28(17)35)21-4-3-20(30)13-22(21)26-27(31)41-23(34-26)15-33-29(39)18(12-25(37)38)10-16-6-8-40-9-7-16/h3-4,11,13-14,16,18H,2,5-10,12,15H2,1H3,(H,33,39)(H,37,38)/t18-/m1/s1. The van der Waals surface area contributed by atoms with E-state index in [-0.39, 0.29) is 41.1 Å². The highest BCUT2D eigenvalue weighted by molar-refractivity contribution is 7.10. The monoisotopic (exact) mass is 584 g/mol. The van der Waals surface area contributed by atoms with Crippen molar-refractivity contribution >= 4 is 34.9 Å². The highest BCUT2D eigenvalue weighted by Gasteiger charge is 2.28. The van der Waals surface area contributed by atoms with Gasteiger partial charge in [0.25, 0.3) is 0 Å². The number of fused-ring (bicyclic) bond motifs is 1. The SMILES string of the molecule is CN1C(=O)CCc2cc(-c3ccc(F)cc3-c3nc(CNC(=O)[C@@H](CC(=O)O)CC4CCOCC4)sc3F)cnc21. The normalized spacial score (nSPS) is 16.4. The molecule has 0 unspecified atom stereocenters. The number of halogens is 2. The molecule has 1 saturated heterocycles. The number of carboxylic acid groups (broad SMARTS) is 1. The number of carbonyl (C=O) groups is 3. The van der Waals surface area contributed by atoms with Gasteiger partial charge in [-0.2, -0.15) is 4.39 Å². The van der Waals surface area contributed by atoms with Crippen LogP contribution >= 0.6 is 11.3 Å². The predicted molar refractivity (Wildman–Crippen MR) is 148 cm³/mol. The van der Waals surface area contributed by atoms with Crippen molar-refractivity contribution in [2.75, 3.05) is 25.2 Å². The first-order valence-corrected chi connectivity index (χ1v) is 14.3. The van der Waals surface area contributed by atoms with Crippen LogP contribution in [0.25, 0.3) is 22.4 Å². The largest absolute Gasteiger partial charge is 0.481 e. The number of amides is 2. The molecular formula is C29H30F2N4O5S. The number of nitrogens with one attached hydrogen (secondary N) is 1. The summed E-state index contributed by atoms with van der Waals surface area (Å²) in [5.74, 6) is -2.04. The Labute approximate surface area is 239 Å². The van der Waals surface area contributed by atoms with Crippen LogP contribution in [0.3, 0.4) is 0 Å². The molecular weight excluding hydrogens is 554 g/mol. The molecule has 0 saturated carbocycles. The Morgan fingerprint density at radius 1 is 1.20 bits per heavy atom. The minimum absolute atomic E-state index is 0.0257. The number of benzene rings is 1. The molecule has 4 heterocycles. The van der Waals surface area contributed by atoms with Crippen LogP contribution in [0, 0.1) is 22.8 Å². The van der Waals surface area contributed by atoms with Crippen molar-refractivity contribution in [3.8, 4) is 22.4 Å². The molecule has 41 heavy (non-hydrogen) atoms. The van der Waals surface area contributed by atoms with Gasteiger partial charge in [0.1, 0.15) is 22.3 Å². The van der Waals surface area contributed by atoms with Gasteiger partial charge in [-0.15, -0.1) is 0 Å². The van der Waals surface area contributed by atoms with Crippen LogP contribution in [-0.4, -0.2) is 53.1 Å². The maximum atomic E-state index is 15.2. The number of ether oxygens (including phenoxy) is 1. The number of carbonyl (C=O) groups excluding carboxylic acids is 2. The molecule has 2 aliphatic heterocycles. The lowest BCUT2D eigenvalue weighted by Crippen LogP contribution is -2.33. The van der Waals surface area contributed by atoms with Crippen LogP contribution in [-0.2, 0) is 32.1 Å². The van der Waals surface area contributed by atoms with Crippen molar-refractivity contribution in [3.05, 3.63) is 52.0 Å². The number of pyridine rings is 1. The highest BCUT2D eigenvalue weighted by Crippen LogP contribution is 2.37. The van der Waals surface area contributed by atoms with Gasteiger partial charge in [-0.05, 0) is 60.9 Å². The molecule has 1 aromatic carbocycles. The molecule has 3 aromatic rings. The molecule has 5 rings (SSSR count). The Balaban J connectivity index is 1.35. The van der Waals surface area contributed by atoms with E-state index in [9.17, 15) is 23.9 Å². The summed E-state index contributed by atoms with van der Waals surface area (Å²) in [6.07, 6.45) is 4.11. The van der Waals surface area contributed by atoms with Gasteiger partial charge in [0.2, 0.25) is 16.9 Å². The number of aliphatic carboxylic acids is 1. The Kier molecular flexibility index (Phi) is 8.69. The second kappa shape index (κ2) is 12.4. The van der Waals surface area contributed by atoms with E-state index in [1.807, 2.05) is 6.07 Å². The Morgan fingerprint density at radius 2 is 1.98 bits per heavy atom. The second-order valence-corrected chi connectivity index (χ2v) is 11.4. The molecule has 0 radical (unpaired) electrons. The van der Waals surface area contributed by atoms with Crippen LogP contribution in [0.15, 0.2) is 30.5 Å². The zero-order chi connectivity index (χ0) is 29.1. The average molecular weight is 585 g/mol. The molecule has 1 fully saturated rings. The van der Waals surface area contributed by atoms with Crippen LogP contribution < -0.4 is 10.2 Å². The number of anilines is 1. The summed E-state index contributed by atoms with van der Waals surface area (Å²) in [7, 11) is 1.66. The van der Waals surface area contributed by atoms with Gasteiger partial charge in [0.15, 0.2) is 0 Å². The summed E-state index contributed by atoms with van der Waals surface area (Å²) in [6, 6.07) is 5.90. The van der Waals surface area contributed by atoms with Crippen LogP contribution in [0.4, 0.5) is 14.6 Å². The van der Waals surface area contributed by atoms with E-state index in [0.29, 0.717) is 49.4 Å². The van der Waals surface area contributed by atoms with Crippen molar-refractivity contribution in [2.45, 2.75) is 45.1 Å². The molecule has 12 heteroatoms. The van der Waals surface area contributed by atoms with E-state index in [4.69, 9.17) is 4.74 Å². The predicted octanol–water partition coefficient (Wildman–Crippen LogP) is 4.58. The van der Waals surface area contributed by atoms with Crippen LogP contribution in [0.1, 0.15) is 42.7 Å². The fourth-order valence-electron chi connectivity index (χ4n) is 5.40. The van der Waals surface area contributed by atoms with E-state index < -0.39 is 28.7 Å². The first kappa shape index (κ1) is 28.7. The smallest absolute Gasteiger partial charge is 0.304 e. The maximum Gasteiger partial charge on any atom is 0.304 e. The first-order valence-electron chi connectivity index (χ1n) is 13.5. The fourth-order valence-corrected chi connectivity index (χ4v) is 6.14. The van der Waals surface area contributed by atoms with Crippen molar-refractivity contribution < 1.29 is 33.0 Å². The third-order valence-electron chi connectivity index (χ3n) is 7.59. The van der Waals surface area contributed by atoms with Crippen molar-refractivity contribution in [3.63, 3.8) is 0 Å². The number of aryl methyl sites for hydroxylation is 1. The maximum absolute atomic E-state index is 15.2. The summed E-state index contributed by atoms with van der Waals surface area (Å²) in [4.78, 5) is 46.7. The van der Waals surface area contributed by atoms with E-state index in [0.717, 1.165) is 29.7 Å². The number of hydrogen-bond acceptors (Lipinski definition) is 7. The number of carboxylic acids is 1. The van der Waals surface area contributed by atoms with E-state index >= 15 is 4.39 Å². The van der Waals surface area contributed by atoms with Gasteiger partial charge in [-0.25, -0.2) is 14.4 Å². The first-order chi connectivity index (χ1) is 19.7. The number of rotatable bonds is 9. The molecule has 0 bridgehead atoms. The molecule has 2 amide bonds. The van der Waals surface area contributed by atoms with Crippen molar-refractivity contribution in [2.24, 2.45) is 11.8 Å². The lowest BCUT2D eigenvalue weighted by Gasteiger charge is -2.25. The molecule has 2 aromatic heterocycles. The summed E-state index contributed by atoms with van der Waals surface area (Å²) >= 11 is 0.738. The van der Waals surface area contributed by atoms with Gasteiger partial charge in [0, 0.05) is 49.9 Å². The number of thiazole rings is 1. The van der Waals surface area contributed by atoms with E-state index in [2.05, 4.69) is 15.3 Å². The minimum Gasteiger partial charge on any atom is -0.481 e. The molecule has 9 nitrogen and oxygen atoms in total. The minimum atomic E-state index is -1.06. The van der Waals surface area contributed by atoms with Gasteiger partial charge in [-0.3, -0.25) is 19.3 Å². The molecule has 2 aliphatic rings. The second-order valence-electron chi connectivity index (χ2n) is 10.4. The van der Waals surface area contributed by atoms with Crippen molar-refractivity contribution in [1.29, 1.82) is 0 Å². The van der Waals surface area contributed by atoms with Gasteiger partial charge < -0.3 is 15.2 Å². The summed E-state index contributed by atoms with van der Waals surface area (Å²) in [5.41, 5.74) is 2.20. The summed E-state index contributed by atoms with van der Waals surface area (Å²) < 4.78 is 35.0. The van der Waals surface area contributed by atoms with Gasteiger partial charge in [-0.1, -0.05) is 17.4 Å². The summed E-state index contributed by atoms with van der Waals surface area (Å²) in [5, 5.41) is 11.7. The highest BCUT2D eigenvalue weighted by atomic mass is 32.1. The lowest BCUT2D eigenvalue weighted by molar-refractivity contribution is -0.141. The topological polar surface area (TPSA) is 122 Å². The zero-order valence-electron chi connectivity index (χ0n) is 22.5.